The SMILES string of the molecule is NC/C=C/CNc1ccc2ccccc2n1. The third kappa shape index (κ3) is 2.58. The number of rotatable bonds is 4. The van der Waals surface area contributed by atoms with Gasteiger partial charge >= 0.3 is 0 Å². The van der Waals surface area contributed by atoms with Crippen LogP contribution in [0.25, 0.3) is 10.9 Å². The third-order valence-corrected chi connectivity index (χ3v) is 2.30. The molecule has 0 aliphatic rings. The van der Waals surface area contributed by atoms with Crippen molar-refractivity contribution in [3.05, 3.63) is 48.6 Å². The van der Waals surface area contributed by atoms with E-state index in [2.05, 4.69) is 22.4 Å². The van der Waals surface area contributed by atoms with Gasteiger partial charge in [-0.1, -0.05) is 30.4 Å². The Morgan fingerprint density at radius 1 is 1.12 bits per heavy atom. The van der Waals surface area contributed by atoms with Crippen LogP contribution in [0.3, 0.4) is 0 Å². The minimum absolute atomic E-state index is 0.576. The first-order valence-electron chi connectivity index (χ1n) is 5.35. The lowest BCUT2D eigenvalue weighted by atomic mass is 10.2. The molecule has 0 radical (unpaired) electrons. The van der Waals surface area contributed by atoms with E-state index in [4.69, 9.17) is 5.73 Å². The normalized spacial score (nSPS) is 11.1. The van der Waals surface area contributed by atoms with Gasteiger partial charge in [0.1, 0.15) is 5.82 Å². The third-order valence-electron chi connectivity index (χ3n) is 2.30. The molecule has 0 spiro atoms. The second-order valence-electron chi connectivity index (χ2n) is 3.48. The van der Waals surface area contributed by atoms with Crippen molar-refractivity contribution in [2.75, 3.05) is 18.4 Å². The van der Waals surface area contributed by atoms with Crippen molar-refractivity contribution in [3.8, 4) is 0 Å². The van der Waals surface area contributed by atoms with Crippen molar-refractivity contribution in [3.63, 3.8) is 0 Å². The van der Waals surface area contributed by atoms with Crippen LogP contribution in [0, 0.1) is 0 Å². The van der Waals surface area contributed by atoms with Crippen molar-refractivity contribution in [1.82, 2.24) is 4.98 Å². The fraction of sp³-hybridized carbons (Fsp3) is 0.154. The number of anilines is 1. The second-order valence-corrected chi connectivity index (χ2v) is 3.48. The molecule has 0 saturated carbocycles. The Balaban J connectivity index is 2.10. The van der Waals surface area contributed by atoms with E-state index >= 15 is 0 Å². The van der Waals surface area contributed by atoms with Gasteiger partial charge in [0.2, 0.25) is 0 Å². The quantitative estimate of drug-likeness (QED) is 0.765. The first kappa shape index (κ1) is 10.6. The molecule has 1 heterocycles. The maximum absolute atomic E-state index is 5.35. The van der Waals surface area contributed by atoms with Crippen molar-refractivity contribution in [2.45, 2.75) is 0 Å². The molecule has 2 rings (SSSR count). The summed E-state index contributed by atoms with van der Waals surface area (Å²) < 4.78 is 0. The summed E-state index contributed by atoms with van der Waals surface area (Å²) in [6.07, 6.45) is 3.92. The molecule has 0 atom stereocenters. The lowest BCUT2D eigenvalue weighted by Gasteiger charge is -2.03. The molecule has 16 heavy (non-hydrogen) atoms. The first-order chi connectivity index (χ1) is 7.90. The number of nitrogens with zero attached hydrogens (tertiary/aromatic N) is 1. The smallest absolute Gasteiger partial charge is 0.126 e. The van der Waals surface area contributed by atoms with Gasteiger partial charge in [0.05, 0.1) is 5.52 Å². The van der Waals surface area contributed by atoms with E-state index in [0.717, 1.165) is 23.3 Å². The van der Waals surface area contributed by atoms with Crippen LogP contribution in [0.5, 0.6) is 0 Å². The maximum atomic E-state index is 5.35. The molecule has 0 bridgehead atoms. The molecule has 0 unspecified atom stereocenters. The Morgan fingerprint density at radius 2 is 2.00 bits per heavy atom. The first-order valence-corrected chi connectivity index (χ1v) is 5.35. The summed E-state index contributed by atoms with van der Waals surface area (Å²) in [4.78, 5) is 4.50. The van der Waals surface area contributed by atoms with Crippen molar-refractivity contribution in [2.24, 2.45) is 5.73 Å². The number of nitrogens with two attached hydrogens (primary N) is 1. The largest absolute Gasteiger partial charge is 0.367 e. The molecule has 2 aromatic rings. The molecule has 0 saturated heterocycles. The van der Waals surface area contributed by atoms with Crippen molar-refractivity contribution < 1.29 is 0 Å². The van der Waals surface area contributed by atoms with E-state index in [1.807, 2.05) is 36.4 Å². The highest BCUT2D eigenvalue weighted by atomic mass is 15.0. The number of fused-ring (bicyclic) bond motifs is 1. The molecule has 3 heteroatoms. The van der Waals surface area contributed by atoms with Gasteiger partial charge in [-0.25, -0.2) is 4.98 Å². The Hall–Kier alpha value is -1.87. The maximum Gasteiger partial charge on any atom is 0.126 e. The average Bonchev–Trinajstić information content (AvgIpc) is 2.34. The summed E-state index contributed by atoms with van der Waals surface area (Å²) in [5.41, 5.74) is 6.36. The Morgan fingerprint density at radius 3 is 2.88 bits per heavy atom. The molecule has 1 aromatic heterocycles. The molecule has 0 aliphatic heterocycles. The van der Waals surface area contributed by atoms with Gasteiger partial charge in [0.15, 0.2) is 0 Å². The highest BCUT2D eigenvalue weighted by molar-refractivity contribution is 5.80. The zero-order chi connectivity index (χ0) is 11.2. The molecule has 1 aromatic carbocycles. The van der Waals surface area contributed by atoms with Crippen LogP contribution in [0.2, 0.25) is 0 Å². The van der Waals surface area contributed by atoms with Crippen LogP contribution in [0.1, 0.15) is 0 Å². The van der Waals surface area contributed by atoms with E-state index in [1.165, 1.54) is 0 Å². The summed E-state index contributed by atoms with van der Waals surface area (Å²) in [5, 5.41) is 4.38. The number of benzene rings is 1. The van der Waals surface area contributed by atoms with E-state index in [0.29, 0.717) is 6.54 Å². The van der Waals surface area contributed by atoms with Crippen LogP contribution >= 0.6 is 0 Å². The van der Waals surface area contributed by atoms with Gasteiger partial charge < -0.3 is 11.1 Å². The molecule has 82 valence electrons. The number of hydrogen-bond acceptors (Lipinski definition) is 3. The number of pyridine rings is 1. The molecule has 0 fully saturated rings. The predicted molar refractivity (Wildman–Crippen MR) is 68.4 cm³/mol. The Bertz CT molecular complexity index is 491. The minimum atomic E-state index is 0.576. The van der Waals surface area contributed by atoms with Gasteiger partial charge in [-0.2, -0.15) is 0 Å². The number of hydrogen-bond donors (Lipinski definition) is 2. The summed E-state index contributed by atoms with van der Waals surface area (Å²) in [7, 11) is 0. The van der Waals surface area contributed by atoms with E-state index in [1.54, 1.807) is 0 Å². The van der Waals surface area contributed by atoms with Crippen LogP contribution in [0.4, 0.5) is 5.82 Å². The van der Waals surface area contributed by atoms with E-state index < -0.39 is 0 Å². The monoisotopic (exact) mass is 213 g/mol. The predicted octanol–water partition coefficient (Wildman–Crippen LogP) is 2.16. The van der Waals surface area contributed by atoms with Gasteiger partial charge in [-0.3, -0.25) is 0 Å². The summed E-state index contributed by atoms with van der Waals surface area (Å²) in [5.74, 6) is 0.889. The average molecular weight is 213 g/mol. The zero-order valence-electron chi connectivity index (χ0n) is 9.06. The lowest BCUT2D eigenvalue weighted by Crippen LogP contribution is -2.01. The number of para-hydroxylation sites is 1. The van der Waals surface area contributed by atoms with Crippen molar-refractivity contribution >= 4 is 16.7 Å². The molecular formula is C13H15N3. The highest BCUT2D eigenvalue weighted by Gasteiger charge is 1.95. The minimum Gasteiger partial charge on any atom is -0.367 e. The van der Waals surface area contributed by atoms with Gasteiger partial charge in [-0.15, -0.1) is 0 Å². The fourth-order valence-electron chi connectivity index (χ4n) is 1.51. The second kappa shape index (κ2) is 5.28. The van der Waals surface area contributed by atoms with Crippen molar-refractivity contribution in [1.29, 1.82) is 0 Å². The van der Waals surface area contributed by atoms with Crippen LogP contribution in [0.15, 0.2) is 48.6 Å². The number of aromatic nitrogens is 1. The van der Waals surface area contributed by atoms with E-state index in [9.17, 15) is 0 Å². The summed E-state index contributed by atoms with van der Waals surface area (Å²) in [6, 6.07) is 12.1. The Kier molecular flexibility index (Phi) is 3.51. The zero-order valence-corrected chi connectivity index (χ0v) is 9.06. The van der Waals surface area contributed by atoms with Gasteiger partial charge in [-0.05, 0) is 18.2 Å². The Labute approximate surface area is 95.0 Å². The molecule has 0 aliphatic carbocycles. The fourth-order valence-corrected chi connectivity index (χ4v) is 1.51. The van der Waals surface area contributed by atoms with Crippen LogP contribution in [-0.2, 0) is 0 Å². The summed E-state index contributed by atoms with van der Waals surface area (Å²) in [6.45, 7) is 1.33. The molecular weight excluding hydrogens is 198 g/mol. The van der Waals surface area contributed by atoms with Crippen LogP contribution in [-0.4, -0.2) is 18.1 Å². The molecule has 3 nitrogen and oxygen atoms in total. The lowest BCUT2D eigenvalue weighted by molar-refractivity contribution is 1.21. The highest BCUT2D eigenvalue weighted by Crippen LogP contribution is 2.14. The van der Waals surface area contributed by atoms with E-state index in [-0.39, 0.29) is 0 Å². The van der Waals surface area contributed by atoms with Gasteiger partial charge in [0, 0.05) is 18.5 Å². The van der Waals surface area contributed by atoms with Gasteiger partial charge in [0.25, 0.3) is 0 Å². The molecule has 0 amide bonds. The standard InChI is InChI=1S/C13H15N3/c14-9-3-4-10-15-13-8-7-11-5-1-2-6-12(11)16-13/h1-8H,9-10,14H2,(H,15,16)/b4-3+. The van der Waals surface area contributed by atoms with Crippen LogP contribution < -0.4 is 11.1 Å². The molecule has 3 N–H and O–H groups in total. The number of nitrogens with one attached hydrogen (secondary N) is 1. The summed E-state index contributed by atoms with van der Waals surface area (Å²) >= 11 is 0. The topological polar surface area (TPSA) is 50.9 Å².